The number of thioether (sulfide) groups is 1. The van der Waals surface area contributed by atoms with Gasteiger partial charge in [-0.15, -0.1) is 0 Å². The number of benzene rings is 4. The number of aliphatic hydroxyl groups is 1. The molecule has 1 aliphatic rings. The van der Waals surface area contributed by atoms with Gasteiger partial charge in [0.25, 0.3) is 11.1 Å². The minimum Gasteiger partial charge on any atom is -0.481 e. The predicted molar refractivity (Wildman–Crippen MR) is 420 cm³/mol. The molecule has 34 nitrogen and oxygen atoms in total. The minimum atomic E-state index is -1.97. The molecule has 2 aromatic heterocycles. The molecular weight excluding hydrogens is 1470 g/mol. The second-order valence-corrected chi connectivity index (χ2v) is 29.2. The van der Waals surface area contributed by atoms with Crippen molar-refractivity contribution in [3.8, 4) is 0 Å². The van der Waals surface area contributed by atoms with Crippen LogP contribution < -0.4 is 80.6 Å². The Morgan fingerprint density at radius 3 is 1.53 bits per heavy atom. The van der Waals surface area contributed by atoms with Crippen LogP contribution >= 0.6 is 11.8 Å². The Kier molecular flexibility index (Phi) is 33.7. The first-order chi connectivity index (χ1) is 53.5. The van der Waals surface area contributed by atoms with Crippen LogP contribution in [0.15, 0.2) is 103 Å². The maximum Gasteiger partial charge on any atom is 0.322 e. The van der Waals surface area contributed by atoms with Gasteiger partial charge in [0.05, 0.1) is 13.0 Å². The van der Waals surface area contributed by atoms with Gasteiger partial charge >= 0.3 is 12.0 Å². The summed E-state index contributed by atoms with van der Waals surface area (Å²) in [6.45, 7) is 9.05. The Morgan fingerprint density at radius 2 is 0.982 bits per heavy atom. The Morgan fingerprint density at radius 1 is 0.509 bits per heavy atom. The molecule has 0 unspecified atom stereocenters. The van der Waals surface area contributed by atoms with Crippen LogP contribution in [0, 0.1) is 17.2 Å². The molecule has 1 fully saturated rings. The normalized spacial score (nSPS) is 22.9. The maximum absolute atomic E-state index is 15.1. The lowest BCUT2D eigenvalue weighted by Crippen LogP contribution is -2.61. The van der Waals surface area contributed by atoms with Crippen molar-refractivity contribution in [3.63, 3.8) is 0 Å². The topological polar surface area (TPSA) is 543 Å². The van der Waals surface area contributed by atoms with Crippen LogP contribution in [0.25, 0.3) is 32.6 Å². The minimum absolute atomic E-state index is 0.0192. The first kappa shape index (κ1) is 87.6. The summed E-state index contributed by atoms with van der Waals surface area (Å²) >= 11 is 0.460. The Labute approximate surface area is 651 Å². The number of hydrogen-bond donors (Lipinski definition) is 20. The Balaban J connectivity index is 1.30. The molecule has 0 saturated carbocycles. The van der Waals surface area contributed by atoms with Crippen molar-refractivity contribution >= 4 is 133 Å². The van der Waals surface area contributed by atoms with E-state index in [1.807, 2.05) is 37.4 Å². The van der Waals surface area contributed by atoms with Crippen molar-refractivity contribution in [2.75, 3.05) is 18.9 Å². The van der Waals surface area contributed by atoms with Gasteiger partial charge in [0.1, 0.15) is 66.5 Å². The number of urea groups is 1. The molecule has 7 rings (SSSR count). The molecule has 604 valence electrons. The average molecular weight is 1570 g/mol. The van der Waals surface area contributed by atoms with E-state index in [1.54, 1.807) is 113 Å². The smallest absolute Gasteiger partial charge is 0.322 e. The number of carbonyl (C=O) groups excluding carboxylic acids is 13. The fourth-order valence-electron chi connectivity index (χ4n) is 12.8. The molecule has 12 atom stereocenters. The third-order valence-corrected chi connectivity index (χ3v) is 20.2. The maximum atomic E-state index is 15.1. The number of aromatic nitrogens is 2. The first-order valence-corrected chi connectivity index (χ1v) is 38.5. The van der Waals surface area contributed by atoms with Gasteiger partial charge in [-0.05, 0) is 77.1 Å². The molecule has 0 spiro atoms. The molecule has 22 N–H and O–H groups in total. The van der Waals surface area contributed by atoms with E-state index in [2.05, 4.69) is 73.8 Å². The van der Waals surface area contributed by atoms with E-state index in [4.69, 9.17) is 16.9 Å². The highest BCUT2D eigenvalue weighted by atomic mass is 32.2. The van der Waals surface area contributed by atoms with Crippen molar-refractivity contribution in [1.29, 1.82) is 5.41 Å². The number of carboxylic acids is 1. The lowest BCUT2D eigenvalue weighted by molar-refractivity contribution is -0.141. The van der Waals surface area contributed by atoms with Crippen LogP contribution in [-0.4, -0.2) is 194 Å². The molecule has 3 heterocycles. The van der Waals surface area contributed by atoms with E-state index in [9.17, 15) is 58.2 Å². The van der Waals surface area contributed by atoms with Gasteiger partial charge in [0.2, 0.25) is 59.1 Å². The number of rotatable bonds is 24. The molecule has 4 aromatic carbocycles. The van der Waals surface area contributed by atoms with Crippen LogP contribution in [0.1, 0.15) is 129 Å². The molecule has 1 aliphatic heterocycles. The van der Waals surface area contributed by atoms with Gasteiger partial charge in [0.15, 0.2) is 5.96 Å². The van der Waals surface area contributed by atoms with Gasteiger partial charge in [-0.25, -0.2) is 4.79 Å². The number of aliphatic hydroxyl groups excluding tert-OH is 1. The summed E-state index contributed by atoms with van der Waals surface area (Å²) in [5, 5.41) is 63.9. The number of hydrogen-bond acceptors (Lipinski definition) is 17. The SMILES string of the molecule is CCCCC[C@@H]1NC(=O)NC(=O)[C@H](CO)NC(=O)[C@H]([C@@H](C)CC)NC(=O)[C@H](Cc2ccc3ccccc3c2)NC(=O)SC[C@@H](C(N)=O)NC(=O)[C@H](C(C)C)NC(=O)[C@H](Cc2c[nH]c3ccccc23)NC(=O)[C@H](CCCNC(=N)N)NC(=O)[C@H](CCCC)NC(=O)[C@H](Cc2c[nH]c3ccccc23)NC(=O)[C@H](CC(=O)O)NC1=O. The van der Waals surface area contributed by atoms with E-state index in [0.29, 0.717) is 75.9 Å². The standard InChI is InChI=1S/C77H104N18O16S/c1-7-10-12-27-54-67(102)88-58(36-61(97)98)69(104)87-56(34-46-37-82-50-25-17-15-22-48(46)50)68(103)85-52(24-11-8-2)65(100)84-53(28-19-31-81-75(79)80)66(101)86-57(35-47-38-83-51-26-18-16-23-49(47)51)71(106)93-62(41(4)5)73(108)90-60(64(78)99)40-112-77(111)92-55(33-43-29-30-44-20-13-14-21-45(44)32-43)70(105)94-63(42(6)9-3)74(109)89-59(39-96)72(107)95-76(110)91-54/h13-18,20-23,25-26,29-30,32,37-38,41-42,52-60,62-63,82-83,96H,7-12,19,24,27-28,31,33-36,39-40H2,1-6H3,(H2,78,99)(H,84,100)(H,85,103)(H,86,101)(H,87,104)(H,88,102)(H,89,109)(H,90,108)(H,92,111)(H,93,106)(H,94,105)(H,97,98)(H4,79,80,81)(H2,91,95,107,110)/t42-,52-,53-,54-,55-,56-,57-,58-,59-,60-,62-,63-/m0/s1. The summed E-state index contributed by atoms with van der Waals surface area (Å²) in [6.07, 6.45) is 3.50. The summed E-state index contributed by atoms with van der Waals surface area (Å²) in [7, 11) is 0. The number of unbranched alkanes of at least 4 members (excludes halogenated alkanes) is 3. The zero-order valence-corrected chi connectivity index (χ0v) is 64.3. The van der Waals surface area contributed by atoms with E-state index in [1.165, 1.54) is 0 Å². The number of aliphatic carboxylic acids is 1. The second kappa shape index (κ2) is 43.1. The number of carbonyl (C=O) groups is 14. The molecule has 35 heteroatoms. The summed E-state index contributed by atoms with van der Waals surface area (Å²) in [5.41, 5.74) is 14.4. The first-order valence-electron chi connectivity index (χ1n) is 37.6. The fourth-order valence-corrected chi connectivity index (χ4v) is 13.5. The number of carboxylic acid groups (broad SMARTS) is 1. The van der Waals surface area contributed by atoms with Crippen molar-refractivity contribution in [1.82, 2.24) is 79.1 Å². The third-order valence-electron chi connectivity index (χ3n) is 19.3. The molecule has 112 heavy (non-hydrogen) atoms. The molecule has 6 aromatic rings. The number of fused-ring (bicyclic) bond motifs is 3. The Bertz CT molecular complexity index is 4360. The van der Waals surface area contributed by atoms with Gasteiger partial charge in [-0.3, -0.25) is 73.1 Å². The zero-order chi connectivity index (χ0) is 81.7. The van der Waals surface area contributed by atoms with Crippen LogP contribution in [0.5, 0.6) is 0 Å². The quantitative estimate of drug-likeness (QED) is 0.0234. The van der Waals surface area contributed by atoms with Gasteiger partial charge < -0.3 is 95.4 Å². The van der Waals surface area contributed by atoms with E-state index in [0.717, 1.165) is 10.8 Å². The highest BCUT2D eigenvalue weighted by molar-refractivity contribution is 8.13. The molecule has 0 bridgehead atoms. The van der Waals surface area contributed by atoms with Crippen molar-refractivity contribution in [2.24, 2.45) is 23.3 Å². The third kappa shape index (κ3) is 26.0. The summed E-state index contributed by atoms with van der Waals surface area (Å²) < 4.78 is 0. The fraction of sp³-hybridized carbons (Fsp3) is 0.468. The van der Waals surface area contributed by atoms with Crippen LogP contribution in [0.2, 0.25) is 0 Å². The molecule has 14 amide bonds. The highest BCUT2D eigenvalue weighted by Gasteiger charge is 2.39. The number of nitrogens with two attached hydrogens (primary N) is 2. The van der Waals surface area contributed by atoms with Gasteiger partial charge in [-0.1, -0.05) is 171 Å². The molecule has 0 radical (unpaired) electrons. The second-order valence-electron chi connectivity index (χ2n) is 28.2. The van der Waals surface area contributed by atoms with Crippen LogP contribution in [0.4, 0.5) is 9.59 Å². The number of primary amides is 1. The summed E-state index contributed by atoms with van der Waals surface area (Å²) in [6, 6.07) is 7.71. The number of nitrogens with one attached hydrogen (secondary N) is 16. The number of H-pyrrole nitrogens is 2. The van der Waals surface area contributed by atoms with Crippen LogP contribution in [0.3, 0.4) is 0 Å². The Hall–Kier alpha value is -11.6. The molecular formula is C77H104N18O16S. The molecule has 0 aliphatic carbocycles. The van der Waals surface area contributed by atoms with E-state index in [-0.39, 0.29) is 64.3 Å². The molecule has 1 saturated heterocycles. The van der Waals surface area contributed by atoms with Crippen molar-refractivity contribution < 1.29 is 77.3 Å². The van der Waals surface area contributed by atoms with Gasteiger partial charge in [0, 0.05) is 65.8 Å². The largest absolute Gasteiger partial charge is 0.481 e. The summed E-state index contributed by atoms with van der Waals surface area (Å²) in [4.78, 5) is 208. The lowest BCUT2D eigenvalue weighted by Gasteiger charge is -2.29. The monoisotopic (exact) mass is 1570 g/mol. The summed E-state index contributed by atoms with van der Waals surface area (Å²) in [5.74, 6) is -15.3. The number of aromatic amines is 2. The number of para-hydroxylation sites is 2. The zero-order valence-electron chi connectivity index (χ0n) is 63.5. The van der Waals surface area contributed by atoms with E-state index < -0.39 is 185 Å². The van der Waals surface area contributed by atoms with Gasteiger partial charge in [-0.2, -0.15) is 0 Å². The van der Waals surface area contributed by atoms with Crippen LogP contribution in [-0.2, 0) is 76.8 Å². The number of imide groups is 1. The number of guanidine groups is 1. The van der Waals surface area contributed by atoms with E-state index >= 15 is 19.2 Å². The average Bonchev–Trinajstić information content (AvgIpc) is 1.65. The lowest BCUT2D eigenvalue weighted by atomic mass is 9.96. The van der Waals surface area contributed by atoms with Crippen molar-refractivity contribution in [2.45, 2.75) is 198 Å². The highest BCUT2D eigenvalue weighted by Crippen LogP contribution is 2.24. The van der Waals surface area contributed by atoms with Crippen molar-refractivity contribution in [3.05, 3.63) is 120 Å². The number of amides is 14. The predicted octanol–water partition coefficient (Wildman–Crippen LogP) is 1.90.